The Morgan fingerprint density at radius 2 is 0.800 bits per heavy atom. The van der Waals surface area contributed by atoms with E-state index in [2.05, 4.69) is 193 Å². The molecule has 0 fully saturated rings. The molecule has 10 aromatic rings. The average Bonchev–Trinajstić information content (AvgIpc) is 3.56. The first-order valence-corrected chi connectivity index (χ1v) is 17.9. The van der Waals surface area contributed by atoms with Crippen molar-refractivity contribution in [1.29, 1.82) is 0 Å². The second-order valence-corrected chi connectivity index (χ2v) is 14.0. The largest absolute Gasteiger partial charge is 0.310 e. The Morgan fingerprint density at radius 1 is 0.300 bits per heavy atom. The van der Waals surface area contributed by atoms with E-state index in [9.17, 15) is 0 Å². The molecule has 0 radical (unpaired) electrons. The van der Waals surface area contributed by atoms with Crippen LogP contribution in [-0.4, -0.2) is 0 Å². The van der Waals surface area contributed by atoms with Gasteiger partial charge in [0.05, 0.1) is 5.69 Å². The molecule has 0 saturated carbocycles. The SMILES string of the molecule is c1ccc(-c2ccc(N(c3ccc4c5ccccc5c5ccccc5c4c3)c3cc4sc5ccccc5c4cc3-c3ccccc3)cc2)cc1. The van der Waals surface area contributed by atoms with Crippen LogP contribution in [0.4, 0.5) is 17.1 Å². The average molecular weight is 654 g/mol. The lowest BCUT2D eigenvalue weighted by molar-refractivity contribution is 1.30. The van der Waals surface area contributed by atoms with E-state index in [1.165, 1.54) is 74.7 Å². The molecule has 0 atom stereocenters. The summed E-state index contributed by atoms with van der Waals surface area (Å²) in [5, 5.41) is 10.2. The lowest BCUT2D eigenvalue weighted by atomic mass is 9.93. The van der Waals surface area contributed by atoms with Gasteiger partial charge in [0.1, 0.15) is 0 Å². The predicted molar refractivity (Wildman–Crippen MR) is 217 cm³/mol. The van der Waals surface area contributed by atoms with Crippen molar-refractivity contribution in [1.82, 2.24) is 0 Å². The minimum Gasteiger partial charge on any atom is -0.310 e. The summed E-state index contributed by atoms with van der Waals surface area (Å²) in [6, 6.07) is 68.8. The monoisotopic (exact) mass is 653 g/mol. The molecule has 0 saturated heterocycles. The van der Waals surface area contributed by atoms with Crippen LogP contribution in [0.5, 0.6) is 0 Å². The van der Waals surface area contributed by atoms with Crippen LogP contribution in [0.3, 0.4) is 0 Å². The second kappa shape index (κ2) is 11.7. The maximum atomic E-state index is 2.46. The maximum Gasteiger partial charge on any atom is 0.0554 e. The Morgan fingerprint density at radius 3 is 1.46 bits per heavy atom. The van der Waals surface area contributed by atoms with Crippen molar-refractivity contribution < 1.29 is 0 Å². The van der Waals surface area contributed by atoms with Crippen LogP contribution in [-0.2, 0) is 0 Å². The van der Waals surface area contributed by atoms with Crippen LogP contribution in [0.25, 0.3) is 74.7 Å². The molecule has 9 aromatic carbocycles. The summed E-state index contributed by atoms with van der Waals surface area (Å²) < 4.78 is 2.59. The Labute approximate surface area is 294 Å². The Bertz CT molecular complexity index is 2820. The van der Waals surface area contributed by atoms with Crippen LogP contribution < -0.4 is 4.90 Å². The number of hydrogen-bond donors (Lipinski definition) is 0. The Hall–Kier alpha value is -6.22. The minimum atomic E-state index is 1.12. The first-order valence-electron chi connectivity index (χ1n) is 17.1. The standard InChI is InChI=1S/C48H31NS/c1-3-13-32(14-4-1)33-23-25-35(26-24-33)49(36-27-28-41-39-19-8-7-17-37(39)38-18-9-10-20-40(38)44(41)29-36)46-31-48-45(42-21-11-12-22-47(42)50-48)30-43(46)34-15-5-2-6-16-34/h1-31H. The lowest BCUT2D eigenvalue weighted by Crippen LogP contribution is -2.11. The number of fused-ring (bicyclic) bond motifs is 9. The van der Waals surface area contributed by atoms with E-state index in [1.54, 1.807) is 0 Å². The summed E-state index contributed by atoms with van der Waals surface area (Å²) in [5.74, 6) is 0. The number of anilines is 3. The number of rotatable bonds is 5. The van der Waals surface area contributed by atoms with Gasteiger partial charge in [-0.3, -0.25) is 0 Å². The van der Waals surface area contributed by atoms with E-state index >= 15 is 0 Å². The van der Waals surface area contributed by atoms with Gasteiger partial charge in [-0.25, -0.2) is 0 Å². The third-order valence-corrected chi connectivity index (χ3v) is 11.2. The Balaban J connectivity index is 1.27. The number of nitrogens with zero attached hydrogens (tertiary/aromatic N) is 1. The van der Waals surface area contributed by atoms with Gasteiger partial charge in [0, 0.05) is 37.1 Å². The van der Waals surface area contributed by atoms with E-state index in [4.69, 9.17) is 0 Å². The summed E-state index contributed by atoms with van der Waals surface area (Å²) in [6.45, 7) is 0. The molecule has 0 aliphatic rings. The van der Waals surface area contributed by atoms with Crippen molar-refractivity contribution >= 4 is 80.9 Å². The number of benzene rings is 9. The zero-order valence-corrected chi connectivity index (χ0v) is 28.1. The van der Waals surface area contributed by atoms with Gasteiger partial charge in [-0.1, -0.05) is 146 Å². The summed E-state index contributed by atoms with van der Waals surface area (Å²) in [6.07, 6.45) is 0. The van der Waals surface area contributed by atoms with E-state index in [0.717, 1.165) is 17.1 Å². The predicted octanol–water partition coefficient (Wildman–Crippen LogP) is 14.3. The fraction of sp³-hybridized carbons (Fsp3) is 0. The van der Waals surface area contributed by atoms with Crippen LogP contribution in [0.15, 0.2) is 188 Å². The number of thiophene rings is 1. The molecule has 50 heavy (non-hydrogen) atoms. The molecule has 1 aromatic heterocycles. The molecule has 0 spiro atoms. The molecular formula is C48H31NS. The fourth-order valence-corrected chi connectivity index (χ4v) is 8.81. The number of hydrogen-bond acceptors (Lipinski definition) is 2. The van der Waals surface area contributed by atoms with Gasteiger partial charge >= 0.3 is 0 Å². The van der Waals surface area contributed by atoms with Crippen molar-refractivity contribution in [3.63, 3.8) is 0 Å². The van der Waals surface area contributed by atoms with Gasteiger partial charge in [0.15, 0.2) is 0 Å². The van der Waals surface area contributed by atoms with E-state index < -0.39 is 0 Å². The molecular weight excluding hydrogens is 623 g/mol. The van der Waals surface area contributed by atoms with Gasteiger partial charge < -0.3 is 4.90 Å². The van der Waals surface area contributed by atoms with Crippen molar-refractivity contribution in [2.75, 3.05) is 4.90 Å². The van der Waals surface area contributed by atoms with E-state index in [1.807, 2.05) is 11.3 Å². The van der Waals surface area contributed by atoms with Crippen LogP contribution in [0.2, 0.25) is 0 Å². The first kappa shape index (κ1) is 28.8. The van der Waals surface area contributed by atoms with Crippen LogP contribution in [0, 0.1) is 0 Å². The normalized spacial score (nSPS) is 11.6. The summed E-state index contributed by atoms with van der Waals surface area (Å²) in [4.78, 5) is 2.46. The summed E-state index contributed by atoms with van der Waals surface area (Å²) in [7, 11) is 0. The molecule has 1 heterocycles. The molecule has 0 unspecified atom stereocenters. The highest BCUT2D eigenvalue weighted by atomic mass is 32.1. The quantitative estimate of drug-likeness (QED) is 0.167. The van der Waals surface area contributed by atoms with E-state index in [0.29, 0.717) is 0 Å². The maximum absolute atomic E-state index is 2.46. The third-order valence-electron chi connectivity index (χ3n) is 10.0. The van der Waals surface area contributed by atoms with Crippen molar-refractivity contribution in [2.45, 2.75) is 0 Å². The second-order valence-electron chi connectivity index (χ2n) is 12.9. The van der Waals surface area contributed by atoms with Crippen molar-refractivity contribution in [3.05, 3.63) is 188 Å². The van der Waals surface area contributed by atoms with Crippen LogP contribution in [0.1, 0.15) is 0 Å². The zero-order chi connectivity index (χ0) is 33.0. The molecule has 0 aliphatic heterocycles. The molecule has 1 nitrogen and oxygen atoms in total. The molecule has 0 bridgehead atoms. The third kappa shape index (κ3) is 4.69. The fourth-order valence-electron chi connectivity index (χ4n) is 7.69. The lowest BCUT2D eigenvalue weighted by Gasteiger charge is -2.29. The molecule has 234 valence electrons. The van der Waals surface area contributed by atoms with Gasteiger partial charge in [0.25, 0.3) is 0 Å². The van der Waals surface area contributed by atoms with Gasteiger partial charge in [-0.2, -0.15) is 0 Å². The molecule has 2 heteroatoms. The molecule has 0 amide bonds. The highest BCUT2D eigenvalue weighted by Crippen LogP contribution is 2.47. The highest BCUT2D eigenvalue weighted by Gasteiger charge is 2.21. The summed E-state index contributed by atoms with van der Waals surface area (Å²) >= 11 is 1.87. The van der Waals surface area contributed by atoms with Crippen molar-refractivity contribution in [3.8, 4) is 22.3 Å². The Kier molecular flexibility index (Phi) is 6.75. The molecule has 0 aliphatic carbocycles. The molecule has 0 N–H and O–H groups in total. The smallest absolute Gasteiger partial charge is 0.0554 e. The first-order chi connectivity index (χ1) is 24.8. The van der Waals surface area contributed by atoms with Gasteiger partial charge in [-0.05, 0) is 91.5 Å². The summed E-state index contributed by atoms with van der Waals surface area (Å²) in [5.41, 5.74) is 8.22. The van der Waals surface area contributed by atoms with Crippen LogP contribution >= 0.6 is 11.3 Å². The van der Waals surface area contributed by atoms with Gasteiger partial charge in [0.2, 0.25) is 0 Å². The topological polar surface area (TPSA) is 3.24 Å². The zero-order valence-electron chi connectivity index (χ0n) is 27.3. The highest BCUT2D eigenvalue weighted by molar-refractivity contribution is 7.25. The van der Waals surface area contributed by atoms with Gasteiger partial charge in [-0.15, -0.1) is 11.3 Å². The molecule has 10 rings (SSSR count). The van der Waals surface area contributed by atoms with Crippen molar-refractivity contribution in [2.24, 2.45) is 0 Å². The minimum absolute atomic E-state index is 1.12. The van der Waals surface area contributed by atoms with E-state index in [-0.39, 0.29) is 0 Å².